The number of hydrogen-bond acceptors (Lipinski definition) is 6. The Morgan fingerprint density at radius 2 is 0.776 bits per heavy atom. The van der Waals surface area contributed by atoms with Gasteiger partial charge in [0.2, 0.25) is 0 Å². The maximum absolute atomic E-state index is 15.6. The highest BCUT2D eigenvalue weighted by atomic mass is 19.4. The zero-order chi connectivity index (χ0) is 39.2. The van der Waals surface area contributed by atoms with Gasteiger partial charge in [0.15, 0.2) is 17.5 Å². The molecule has 0 atom stereocenters. The molecule has 3 aromatic heterocycles. The number of alkyl halides is 3. The molecule has 0 spiro atoms. The fourth-order valence-corrected chi connectivity index (χ4v) is 7.43. The van der Waals surface area contributed by atoms with Gasteiger partial charge in [0.25, 0.3) is 0 Å². The molecular weight excluding hydrogens is 730 g/mol. The van der Waals surface area contributed by atoms with Gasteiger partial charge >= 0.3 is 6.18 Å². The summed E-state index contributed by atoms with van der Waals surface area (Å²) in [6.45, 7) is 0. The van der Waals surface area contributed by atoms with Crippen LogP contribution in [-0.4, -0.2) is 29.9 Å². The highest BCUT2D eigenvalue weighted by molar-refractivity contribution is 6.22. The SMILES string of the molecule is FC(F)(F)c1cc2nc(-c3ccccc3)c(-c3ccccc3)nc2c2c1c(-c1cccc(-c3nc(-c4ccccc4)nc(-c4ccccc4)n3)c1)nc1ccccc12. The van der Waals surface area contributed by atoms with Crippen molar-refractivity contribution in [3.63, 3.8) is 0 Å². The average Bonchev–Trinajstić information content (AvgIpc) is 3.28. The van der Waals surface area contributed by atoms with E-state index in [0.717, 1.165) is 28.3 Å². The summed E-state index contributed by atoms with van der Waals surface area (Å²) in [6, 6.07) is 53.7. The molecule has 0 amide bonds. The van der Waals surface area contributed by atoms with Gasteiger partial charge in [-0.05, 0) is 18.2 Å². The number of para-hydroxylation sites is 1. The lowest BCUT2D eigenvalue weighted by molar-refractivity contribution is -0.136. The third-order valence-electron chi connectivity index (χ3n) is 10.1. The van der Waals surface area contributed by atoms with Gasteiger partial charge in [-0.1, -0.05) is 158 Å². The van der Waals surface area contributed by atoms with Gasteiger partial charge in [-0.15, -0.1) is 0 Å². The van der Waals surface area contributed by atoms with Crippen molar-refractivity contribution >= 4 is 32.7 Å². The van der Waals surface area contributed by atoms with E-state index in [4.69, 9.17) is 29.9 Å². The maximum atomic E-state index is 15.6. The molecule has 0 aliphatic carbocycles. The zero-order valence-corrected chi connectivity index (χ0v) is 30.6. The van der Waals surface area contributed by atoms with E-state index in [-0.39, 0.29) is 16.6 Å². The molecule has 10 rings (SSSR count). The number of rotatable bonds is 6. The minimum atomic E-state index is -4.76. The summed E-state index contributed by atoms with van der Waals surface area (Å²) in [7, 11) is 0. The molecule has 0 radical (unpaired) electrons. The Labute approximate surface area is 330 Å². The van der Waals surface area contributed by atoms with Crippen molar-refractivity contribution in [3.05, 3.63) is 181 Å². The molecule has 9 heteroatoms. The van der Waals surface area contributed by atoms with Crippen molar-refractivity contribution in [2.45, 2.75) is 6.18 Å². The molecule has 0 aliphatic rings. The van der Waals surface area contributed by atoms with Crippen molar-refractivity contribution in [2.75, 3.05) is 0 Å². The summed E-state index contributed by atoms with van der Waals surface area (Å²) in [5, 5.41) is 0.784. The number of fused-ring (bicyclic) bond motifs is 5. The summed E-state index contributed by atoms with van der Waals surface area (Å²) in [4.78, 5) is 29.7. The zero-order valence-electron chi connectivity index (χ0n) is 30.6. The number of hydrogen-bond donors (Lipinski definition) is 0. The highest BCUT2D eigenvalue weighted by Crippen LogP contribution is 2.45. The molecule has 7 aromatic carbocycles. The summed E-state index contributed by atoms with van der Waals surface area (Å²) in [5.41, 5.74) is 5.51. The highest BCUT2D eigenvalue weighted by Gasteiger charge is 2.36. The molecule has 6 nitrogen and oxygen atoms in total. The standard InChI is InChI=1S/C49H29F3N6/c50-49(51,52)37-29-39-45(55-44(31-18-7-2-8-19-31)43(54-39)30-16-5-1-6-17-30)40-36-26-13-14-27-38(36)53-42(41(37)40)34-24-15-25-35(28-34)48-57-46(32-20-9-3-10-21-32)56-47(58-48)33-22-11-4-12-23-33/h1-29H. The number of halogens is 3. The van der Waals surface area contributed by atoms with Gasteiger partial charge in [-0.25, -0.2) is 29.9 Å². The minimum Gasteiger partial charge on any atom is -0.247 e. The van der Waals surface area contributed by atoms with Crippen LogP contribution in [0.4, 0.5) is 13.2 Å². The van der Waals surface area contributed by atoms with E-state index in [1.54, 1.807) is 30.3 Å². The van der Waals surface area contributed by atoms with E-state index in [2.05, 4.69) is 0 Å². The third-order valence-corrected chi connectivity index (χ3v) is 10.1. The van der Waals surface area contributed by atoms with Crippen molar-refractivity contribution in [2.24, 2.45) is 0 Å². The fraction of sp³-hybridized carbons (Fsp3) is 0.0204. The van der Waals surface area contributed by atoms with Crippen LogP contribution in [0.5, 0.6) is 0 Å². The van der Waals surface area contributed by atoms with E-state index in [1.165, 1.54) is 0 Å². The van der Waals surface area contributed by atoms with Crippen LogP contribution in [0.25, 0.3) is 101 Å². The lowest BCUT2D eigenvalue weighted by atomic mass is 9.93. The Balaban J connectivity index is 1.26. The van der Waals surface area contributed by atoms with Gasteiger partial charge in [0.05, 0.1) is 39.2 Å². The van der Waals surface area contributed by atoms with Crippen LogP contribution in [0.1, 0.15) is 5.56 Å². The average molecular weight is 759 g/mol. The third kappa shape index (κ3) is 6.28. The molecule has 0 saturated heterocycles. The Hall–Kier alpha value is -7.65. The molecule has 10 aromatic rings. The maximum Gasteiger partial charge on any atom is 0.417 e. The molecule has 0 saturated carbocycles. The second-order valence-electron chi connectivity index (χ2n) is 13.8. The second-order valence-corrected chi connectivity index (χ2v) is 13.8. The lowest BCUT2D eigenvalue weighted by Gasteiger charge is -2.19. The van der Waals surface area contributed by atoms with Gasteiger partial charge in [0.1, 0.15) is 0 Å². The largest absolute Gasteiger partial charge is 0.417 e. The van der Waals surface area contributed by atoms with Gasteiger partial charge in [0, 0.05) is 49.5 Å². The van der Waals surface area contributed by atoms with Crippen LogP contribution in [0.2, 0.25) is 0 Å². The monoisotopic (exact) mass is 758 g/mol. The number of aromatic nitrogens is 6. The summed E-state index contributed by atoms with van der Waals surface area (Å²) >= 11 is 0. The van der Waals surface area contributed by atoms with Crippen LogP contribution in [-0.2, 0) is 6.18 Å². The quantitative estimate of drug-likeness (QED) is 0.157. The van der Waals surface area contributed by atoms with Crippen LogP contribution in [0.3, 0.4) is 0 Å². The van der Waals surface area contributed by atoms with E-state index >= 15 is 13.2 Å². The second kappa shape index (κ2) is 14.1. The van der Waals surface area contributed by atoms with Crippen LogP contribution >= 0.6 is 0 Å². The first-order valence-corrected chi connectivity index (χ1v) is 18.6. The van der Waals surface area contributed by atoms with Crippen LogP contribution in [0.15, 0.2) is 176 Å². The lowest BCUT2D eigenvalue weighted by Crippen LogP contribution is -2.09. The molecule has 0 unspecified atom stereocenters. The molecule has 58 heavy (non-hydrogen) atoms. The van der Waals surface area contributed by atoms with E-state index in [9.17, 15) is 0 Å². The van der Waals surface area contributed by atoms with Crippen molar-refractivity contribution in [1.29, 1.82) is 0 Å². The molecule has 0 fully saturated rings. The predicted octanol–water partition coefficient (Wildman–Crippen LogP) is 12.5. The Kier molecular flexibility index (Phi) is 8.48. The first-order chi connectivity index (χ1) is 28.4. The van der Waals surface area contributed by atoms with Crippen molar-refractivity contribution in [3.8, 4) is 67.9 Å². The summed E-state index contributed by atoms with van der Waals surface area (Å²) in [6.07, 6.45) is -4.76. The molecule has 0 N–H and O–H groups in total. The smallest absolute Gasteiger partial charge is 0.247 e. The first-order valence-electron chi connectivity index (χ1n) is 18.6. The van der Waals surface area contributed by atoms with Gasteiger partial charge < -0.3 is 0 Å². The number of benzene rings is 7. The Morgan fingerprint density at radius 3 is 1.34 bits per heavy atom. The van der Waals surface area contributed by atoms with Crippen molar-refractivity contribution < 1.29 is 13.2 Å². The fourth-order valence-electron chi connectivity index (χ4n) is 7.43. The normalized spacial score (nSPS) is 11.7. The topological polar surface area (TPSA) is 77.3 Å². The van der Waals surface area contributed by atoms with Crippen molar-refractivity contribution in [1.82, 2.24) is 29.9 Å². The van der Waals surface area contributed by atoms with Gasteiger partial charge in [-0.2, -0.15) is 13.2 Å². The van der Waals surface area contributed by atoms with Crippen LogP contribution in [0, 0.1) is 0 Å². The van der Waals surface area contributed by atoms with Crippen LogP contribution < -0.4 is 0 Å². The molecular formula is C49H29F3N6. The molecule has 3 heterocycles. The summed E-state index contributed by atoms with van der Waals surface area (Å²) in [5.74, 6) is 1.31. The van der Waals surface area contributed by atoms with Gasteiger partial charge in [-0.3, -0.25) is 0 Å². The van der Waals surface area contributed by atoms with E-state index in [1.807, 2.05) is 140 Å². The minimum absolute atomic E-state index is 0.0674. The number of pyridine rings is 1. The molecule has 0 bridgehead atoms. The molecule has 276 valence electrons. The predicted molar refractivity (Wildman–Crippen MR) is 223 cm³/mol. The van der Waals surface area contributed by atoms with E-state index < -0.39 is 11.7 Å². The first kappa shape index (κ1) is 34.8. The Morgan fingerprint density at radius 1 is 0.328 bits per heavy atom. The van der Waals surface area contributed by atoms with E-state index in [0.29, 0.717) is 61.8 Å². The summed E-state index contributed by atoms with van der Waals surface area (Å²) < 4.78 is 46.7. The Bertz CT molecular complexity index is 3080. The molecule has 0 aliphatic heterocycles. The number of nitrogens with zero attached hydrogens (tertiary/aromatic N) is 6.